The van der Waals surface area contributed by atoms with Crippen molar-refractivity contribution in [1.29, 1.82) is 0 Å². The summed E-state index contributed by atoms with van der Waals surface area (Å²) in [5.41, 5.74) is 2.04. The highest BCUT2D eigenvalue weighted by molar-refractivity contribution is 9.10. The van der Waals surface area contributed by atoms with E-state index in [4.69, 9.17) is 10.1 Å². The normalized spacial score (nSPS) is 16.0. The Labute approximate surface area is 137 Å². The third-order valence-electron chi connectivity index (χ3n) is 4.16. The molecule has 2 aromatic rings. The zero-order chi connectivity index (χ0) is 15.7. The summed E-state index contributed by atoms with van der Waals surface area (Å²) in [4.78, 5) is 17.3. The number of nitrogens with zero attached hydrogens (tertiary/aromatic N) is 3. The lowest BCUT2D eigenvalue weighted by Gasteiger charge is -2.29. The Morgan fingerprint density at radius 3 is 2.73 bits per heavy atom. The van der Waals surface area contributed by atoms with Crippen LogP contribution in [0.3, 0.4) is 0 Å². The van der Waals surface area contributed by atoms with Crippen LogP contribution in [0.15, 0.2) is 34.9 Å². The van der Waals surface area contributed by atoms with E-state index >= 15 is 0 Å². The first-order valence-electron chi connectivity index (χ1n) is 7.31. The number of aryl methyl sites for hydroxylation is 1. The van der Waals surface area contributed by atoms with E-state index in [-0.39, 0.29) is 0 Å². The van der Waals surface area contributed by atoms with Crippen LogP contribution < -0.4 is 0 Å². The van der Waals surface area contributed by atoms with Gasteiger partial charge in [-0.3, -0.25) is 0 Å². The van der Waals surface area contributed by atoms with Gasteiger partial charge >= 0.3 is 6.09 Å². The van der Waals surface area contributed by atoms with Gasteiger partial charge in [-0.05, 0) is 25.0 Å². The zero-order valence-corrected chi connectivity index (χ0v) is 14.0. The molecule has 1 amide bonds. The summed E-state index contributed by atoms with van der Waals surface area (Å²) in [5, 5.41) is 9.03. The monoisotopic (exact) mass is 363 g/mol. The van der Waals surface area contributed by atoms with E-state index in [2.05, 4.69) is 26.6 Å². The Morgan fingerprint density at radius 1 is 1.36 bits per heavy atom. The fraction of sp³-hybridized carbons (Fsp3) is 0.375. The molecule has 2 heterocycles. The van der Waals surface area contributed by atoms with E-state index in [1.54, 1.807) is 0 Å². The Hall–Kier alpha value is -1.82. The molecule has 0 saturated carbocycles. The first kappa shape index (κ1) is 15.1. The summed E-state index contributed by atoms with van der Waals surface area (Å²) in [6, 6.07) is 8.09. The van der Waals surface area contributed by atoms with E-state index in [0.717, 1.165) is 34.4 Å². The molecule has 1 aliphatic rings. The summed E-state index contributed by atoms with van der Waals surface area (Å²) in [6.07, 6.45) is 2.87. The molecule has 22 heavy (non-hydrogen) atoms. The number of piperidine rings is 1. The smallest absolute Gasteiger partial charge is 0.407 e. The van der Waals surface area contributed by atoms with Crippen LogP contribution in [-0.4, -0.2) is 38.7 Å². The second-order valence-electron chi connectivity index (χ2n) is 5.65. The molecule has 0 radical (unpaired) electrons. The number of rotatable bonds is 2. The molecule has 1 aliphatic heterocycles. The second kappa shape index (κ2) is 6.12. The van der Waals surface area contributed by atoms with Gasteiger partial charge in [-0.25, -0.2) is 9.78 Å². The summed E-state index contributed by atoms with van der Waals surface area (Å²) >= 11 is 3.49. The molecule has 0 aliphatic carbocycles. The number of carboxylic acid groups (broad SMARTS) is 1. The number of hydrogen-bond acceptors (Lipinski definition) is 2. The van der Waals surface area contributed by atoms with Gasteiger partial charge < -0.3 is 14.6 Å². The molecule has 1 saturated heterocycles. The number of aromatic nitrogens is 2. The number of halogens is 1. The minimum absolute atomic E-state index is 0.321. The number of hydrogen-bond donors (Lipinski definition) is 1. The molecule has 116 valence electrons. The highest BCUT2D eigenvalue weighted by atomic mass is 79.9. The minimum atomic E-state index is -0.826. The third-order valence-corrected chi connectivity index (χ3v) is 4.66. The van der Waals surface area contributed by atoms with Gasteiger partial charge in [0.05, 0.1) is 5.69 Å². The summed E-state index contributed by atoms with van der Waals surface area (Å²) in [7, 11) is 2.01. The van der Waals surface area contributed by atoms with Crippen molar-refractivity contribution in [3.05, 3.63) is 40.8 Å². The number of benzene rings is 1. The van der Waals surface area contributed by atoms with E-state index < -0.39 is 6.09 Å². The van der Waals surface area contributed by atoms with Gasteiger partial charge in [0.15, 0.2) is 0 Å². The van der Waals surface area contributed by atoms with Gasteiger partial charge in [0.1, 0.15) is 5.82 Å². The van der Waals surface area contributed by atoms with Crippen molar-refractivity contribution in [3.63, 3.8) is 0 Å². The molecular formula is C16H18BrN3O2. The van der Waals surface area contributed by atoms with E-state index in [9.17, 15) is 4.79 Å². The molecule has 0 atom stereocenters. The lowest BCUT2D eigenvalue weighted by molar-refractivity contribution is 0.131. The maximum Gasteiger partial charge on any atom is 0.407 e. The molecule has 0 unspecified atom stereocenters. The molecule has 0 bridgehead atoms. The van der Waals surface area contributed by atoms with Crippen molar-refractivity contribution in [2.24, 2.45) is 7.05 Å². The molecule has 3 rings (SSSR count). The van der Waals surface area contributed by atoms with Crippen LogP contribution in [-0.2, 0) is 7.05 Å². The largest absolute Gasteiger partial charge is 0.465 e. The zero-order valence-electron chi connectivity index (χ0n) is 12.4. The topological polar surface area (TPSA) is 58.4 Å². The van der Waals surface area contributed by atoms with Crippen molar-refractivity contribution in [1.82, 2.24) is 14.5 Å². The number of carbonyl (C=O) groups is 1. The molecule has 5 nitrogen and oxygen atoms in total. The summed E-state index contributed by atoms with van der Waals surface area (Å²) < 4.78 is 3.10. The predicted molar refractivity (Wildman–Crippen MR) is 87.9 cm³/mol. The highest BCUT2D eigenvalue weighted by Gasteiger charge is 2.26. The van der Waals surface area contributed by atoms with Gasteiger partial charge in [-0.1, -0.05) is 28.1 Å². The van der Waals surface area contributed by atoms with E-state index in [1.165, 1.54) is 4.90 Å². The number of likely N-dealkylation sites (tertiary alicyclic amines) is 1. The standard InChI is InChI=1S/C16H18BrN3O2/c1-19-10-14(12-3-2-4-13(17)9-12)18-15(19)11-5-7-20(8-6-11)16(21)22/h2-4,9-11H,5-8H2,1H3,(H,21,22). The maximum absolute atomic E-state index is 11.0. The van der Waals surface area contributed by atoms with Crippen LogP contribution in [0.2, 0.25) is 0 Å². The third kappa shape index (κ3) is 3.02. The lowest BCUT2D eigenvalue weighted by atomic mass is 9.96. The molecule has 0 spiro atoms. The quantitative estimate of drug-likeness (QED) is 0.884. The van der Waals surface area contributed by atoms with Crippen molar-refractivity contribution in [3.8, 4) is 11.3 Å². The molecule has 1 aromatic heterocycles. The van der Waals surface area contributed by atoms with Crippen LogP contribution >= 0.6 is 15.9 Å². The van der Waals surface area contributed by atoms with E-state index in [1.807, 2.05) is 31.4 Å². The van der Waals surface area contributed by atoms with E-state index in [0.29, 0.717) is 19.0 Å². The Balaban J connectivity index is 1.80. The van der Waals surface area contributed by atoms with Crippen LogP contribution in [0.1, 0.15) is 24.6 Å². The Kier molecular flexibility index (Phi) is 4.20. The molecule has 1 aromatic carbocycles. The molecule has 6 heteroatoms. The first-order chi connectivity index (χ1) is 10.5. The maximum atomic E-state index is 11.0. The fourth-order valence-electron chi connectivity index (χ4n) is 2.98. The van der Waals surface area contributed by atoms with Gasteiger partial charge in [0, 0.05) is 42.3 Å². The van der Waals surface area contributed by atoms with Crippen LogP contribution in [0.25, 0.3) is 11.3 Å². The first-order valence-corrected chi connectivity index (χ1v) is 8.11. The van der Waals surface area contributed by atoms with Gasteiger partial charge in [-0.2, -0.15) is 0 Å². The van der Waals surface area contributed by atoms with Crippen molar-refractivity contribution in [2.45, 2.75) is 18.8 Å². The van der Waals surface area contributed by atoms with Gasteiger partial charge in [0.25, 0.3) is 0 Å². The van der Waals surface area contributed by atoms with Crippen molar-refractivity contribution >= 4 is 22.0 Å². The average molecular weight is 364 g/mol. The van der Waals surface area contributed by atoms with Gasteiger partial charge in [-0.15, -0.1) is 0 Å². The average Bonchev–Trinajstić information content (AvgIpc) is 2.89. The number of amides is 1. The highest BCUT2D eigenvalue weighted by Crippen LogP contribution is 2.30. The number of imidazole rings is 1. The molecule has 1 N–H and O–H groups in total. The Morgan fingerprint density at radius 2 is 2.09 bits per heavy atom. The predicted octanol–water partition coefficient (Wildman–Crippen LogP) is 3.71. The van der Waals surface area contributed by atoms with Crippen LogP contribution in [0.4, 0.5) is 4.79 Å². The lowest BCUT2D eigenvalue weighted by Crippen LogP contribution is -2.37. The second-order valence-corrected chi connectivity index (χ2v) is 6.57. The van der Waals surface area contributed by atoms with Crippen LogP contribution in [0.5, 0.6) is 0 Å². The molecule has 1 fully saturated rings. The minimum Gasteiger partial charge on any atom is -0.465 e. The van der Waals surface area contributed by atoms with Gasteiger partial charge in [0.2, 0.25) is 0 Å². The van der Waals surface area contributed by atoms with Crippen molar-refractivity contribution < 1.29 is 9.90 Å². The fourth-order valence-corrected chi connectivity index (χ4v) is 3.38. The summed E-state index contributed by atoms with van der Waals surface area (Å²) in [6.45, 7) is 1.16. The molecular weight excluding hydrogens is 346 g/mol. The van der Waals surface area contributed by atoms with Crippen molar-refractivity contribution in [2.75, 3.05) is 13.1 Å². The Bertz CT molecular complexity index is 690. The SMILES string of the molecule is Cn1cc(-c2cccc(Br)c2)nc1C1CCN(C(=O)O)CC1. The summed E-state index contributed by atoms with van der Waals surface area (Å²) in [5.74, 6) is 1.36. The van der Waals surface area contributed by atoms with Crippen LogP contribution in [0, 0.1) is 0 Å².